The molecule has 0 aliphatic heterocycles. The van der Waals surface area contributed by atoms with Gasteiger partial charge < -0.3 is 5.32 Å². The number of rotatable bonds is 6. The third kappa shape index (κ3) is 3.25. The van der Waals surface area contributed by atoms with Gasteiger partial charge in [-0.05, 0) is 51.1 Å². The Balaban J connectivity index is 2.24. The molecule has 0 radical (unpaired) electrons. The number of pyridine rings is 1. The average molecular weight is 272 g/mol. The number of aromatic nitrogens is 3. The van der Waals surface area contributed by atoms with Gasteiger partial charge in [0.1, 0.15) is 0 Å². The van der Waals surface area contributed by atoms with Gasteiger partial charge in [-0.2, -0.15) is 5.10 Å². The highest BCUT2D eigenvalue weighted by Crippen LogP contribution is 2.19. The molecule has 0 aliphatic carbocycles. The molecule has 1 N–H and O–H groups in total. The lowest BCUT2D eigenvalue weighted by atomic mass is 10.0. The molecule has 20 heavy (non-hydrogen) atoms. The minimum Gasteiger partial charge on any atom is -0.313 e. The van der Waals surface area contributed by atoms with Crippen molar-refractivity contribution >= 4 is 0 Å². The van der Waals surface area contributed by atoms with Crippen LogP contribution in [0.2, 0.25) is 0 Å². The van der Waals surface area contributed by atoms with Crippen molar-refractivity contribution in [3.8, 4) is 0 Å². The van der Waals surface area contributed by atoms with Crippen molar-refractivity contribution in [3.63, 3.8) is 0 Å². The lowest BCUT2D eigenvalue weighted by molar-refractivity contribution is 0.540. The summed E-state index contributed by atoms with van der Waals surface area (Å²) in [5.74, 6) is 0. The van der Waals surface area contributed by atoms with Gasteiger partial charge in [-0.25, -0.2) is 0 Å². The van der Waals surface area contributed by atoms with Gasteiger partial charge in [0.15, 0.2) is 0 Å². The van der Waals surface area contributed by atoms with E-state index in [4.69, 9.17) is 0 Å². The molecule has 0 fully saturated rings. The Morgan fingerprint density at radius 3 is 2.70 bits per heavy atom. The quantitative estimate of drug-likeness (QED) is 0.879. The second-order valence-corrected chi connectivity index (χ2v) is 5.07. The van der Waals surface area contributed by atoms with Gasteiger partial charge in [0, 0.05) is 36.6 Å². The summed E-state index contributed by atoms with van der Waals surface area (Å²) in [6.45, 7) is 7.23. The summed E-state index contributed by atoms with van der Waals surface area (Å²) in [6.07, 6.45) is 3.81. The van der Waals surface area contributed by atoms with Crippen LogP contribution in [-0.2, 0) is 19.4 Å². The molecule has 4 heteroatoms. The van der Waals surface area contributed by atoms with Crippen molar-refractivity contribution in [1.29, 1.82) is 0 Å². The van der Waals surface area contributed by atoms with Crippen molar-refractivity contribution < 1.29 is 0 Å². The summed E-state index contributed by atoms with van der Waals surface area (Å²) < 4.78 is 2.11. The number of nitrogens with one attached hydrogen (secondary N) is 1. The molecule has 0 saturated carbocycles. The van der Waals surface area contributed by atoms with E-state index >= 15 is 0 Å². The first-order chi connectivity index (χ1) is 9.67. The Kier molecular flexibility index (Phi) is 4.90. The number of nitrogens with zero attached hydrogens (tertiary/aromatic N) is 3. The number of aryl methyl sites for hydroxylation is 3. The van der Waals surface area contributed by atoms with E-state index in [-0.39, 0.29) is 0 Å². The Labute approximate surface area is 121 Å². The van der Waals surface area contributed by atoms with Crippen LogP contribution in [0.3, 0.4) is 0 Å². The Hall–Kier alpha value is -1.68. The normalized spacial score (nSPS) is 12.6. The smallest absolute Gasteiger partial charge is 0.0624 e. The van der Waals surface area contributed by atoms with Gasteiger partial charge in [-0.3, -0.25) is 9.67 Å². The summed E-state index contributed by atoms with van der Waals surface area (Å²) in [4.78, 5) is 4.27. The van der Waals surface area contributed by atoms with Crippen molar-refractivity contribution in [1.82, 2.24) is 20.1 Å². The van der Waals surface area contributed by atoms with Crippen molar-refractivity contribution in [2.75, 3.05) is 7.05 Å². The first kappa shape index (κ1) is 14.7. The third-order valence-corrected chi connectivity index (χ3v) is 3.66. The highest BCUT2D eigenvalue weighted by molar-refractivity contribution is 5.22. The van der Waals surface area contributed by atoms with E-state index in [0.29, 0.717) is 6.04 Å². The Bertz CT molecular complexity index is 559. The topological polar surface area (TPSA) is 42.7 Å². The van der Waals surface area contributed by atoms with Crippen LogP contribution >= 0.6 is 0 Å². The lowest BCUT2D eigenvalue weighted by Gasteiger charge is -2.17. The van der Waals surface area contributed by atoms with Gasteiger partial charge in [0.2, 0.25) is 0 Å². The molecule has 0 amide bonds. The molecule has 4 nitrogen and oxygen atoms in total. The van der Waals surface area contributed by atoms with E-state index in [1.54, 1.807) is 0 Å². The lowest BCUT2D eigenvalue weighted by Crippen LogP contribution is -2.20. The minimum absolute atomic E-state index is 0.295. The van der Waals surface area contributed by atoms with E-state index in [1.807, 2.05) is 20.2 Å². The maximum Gasteiger partial charge on any atom is 0.0624 e. The van der Waals surface area contributed by atoms with Gasteiger partial charge in [0.05, 0.1) is 5.69 Å². The van der Waals surface area contributed by atoms with Gasteiger partial charge in [0.25, 0.3) is 0 Å². The standard InChI is InChI=1S/C16H24N4/c1-5-14-10-15(20(6-2)19-14)11-16(17-4)13-7-8-18-12(3)9-13/h7-10,16-17H,5-6,11H2,1-4H3. The molecular formula is C16H24N4. The monoisotopic (exact) mass is 272 g/mol. The molecule has 2 aromatic heterocycles. The Morgan fingerprint density at radius 2 is 2.10 bits per heavy atom. The molecule has 0 aromatic carbocycles. The molecular weight excluding hydrogens is 248 g/mol. The fourth-order valence-electron chi connectivity index (χ4n) is 2.51. The Morgan fingerprint density at radius 1 is 1.30 bits per heavy atom. The van der Waals surface area contributed by atoms with Crippen molar-refractivity contribution in [2.24, 2.45) is 0 Å². The molecule has 0 spiro atoms. The number of hydrogen-bond donors (Lipinski definition) is 1. The van der Waals surface area contributed by atoms with Crippen LogP contribution in [0.1, 0.15) is 42.5 Å². The third-order valence-electron chi connectivity index (χ3n) is 3.66. The molecule has 108 valence electrons. The number of likely N-dealkylation sites (N-methyl/N-ethyl adjacent to an activating group) is 1. The zero-order chi connectivity index (χ0) is 14.5. The SMILES string of the molecule is CCc1cc(CC(NC)c2ccnc(C)c2)n(CC)n1. The zero-order valence-electron chi connectivity index (χ0n) is 12.8. The second-order valence-electron chi connectivity index (χ2n) is 5.07. The van der Waals surface area contributed by atoms with Gasteiger partial charge in [-0.1, -0.05) is 6.92 Å². The average Bonchev–Trinajstić information content (AvgIpc) is 2.87. The van der Waals surface area contributed by atoms with Crippen LogP contribution in [0.15, 0.2) is 24.4 Å². The predicted octanol–water partition coefficient (Wildman–Crippen LogP) is 2.67. The first-order valence-electron chi connectivity index (χ1n) is 7.33. The molecule has 2 heterocycles. The van der Waals surface area contributed by atoms with E-state index in [9.17, 15) is 0 Å². The van der Waals surface area contributed by atoms with E-state index in [2.05, 4.69) is 52.1 Å². The summed E-state index contributed by atoms with van der Waals surface area (Å²) in [5.41, 5.74) is 4.80. The molecule has 0 bridgehead atoms. The first-order valence-corrected chi connectivity index (χ1v) is 7.33. The van der Waals surface area contributed by atoms with Crippen LogP contribution in [-0.4, -0.2) is 21.8 Å². The second kappa shape index (κ2) is 6.66. The van der Waals surface area contributed by atoms with Crippen molar-refractivity contribution in [3.05, 3.63) is 47.0 Å². The number of hydrogen-bond acceptors (Lipinski definition) is 3. The van der Waals surface area contributed by atoms with Crippen LogP contribution in [0.25, 0.3) is 0 Å². The maximum atomic E-state index is 4.62. The molecule has 0 saturated heterocycles. The summed E-state index contributed by atoms with van der Waals surface area (Å²) in [5, 5.41) is 8.03. The highest BCUT2D eigenvalue weighted by Gasteiger charge is 2.14. The molecule has 2 aromatic rings. The summed E-state index contributed by atoms with van der Waals surface area (Å²) in [6, 6.07) is 6.75. The summed E-state index contributed by atoms with van der Waals surface area (Å²) >= 11 is 0. The van der Waals surface area contributed by atoms with Gasteiger partial charge in [-0.15, -0.1) is 0 Å². The highest BCUT2D eigenvalue weighted by atomic mass is 15.3. The van der Waals surface area contributed by atoms with Crippen LogP contribution in [0.4, 0.5) is 0 Å². The molecule has 1 unspecified atom stereocenters. The zero-order valence-corrected chi connectivity index (χ0v) is 12.8. The summed E-state index contributed by atoms with van der Waals surface area (Å²) in [7, 11) is 2.01. The van der Waals surface area contributed by atoms with Crippen LogP contribution in [0, 0.1) is 6.92 Å². The largest absolute Gasteiger partial charge is 0.313 e. The fraction of sp³-hybridized carbons (Fsp3) is 0.500. The molecule has 0 aliphatic rings. The molecule has 1 atom stereocenters. The maximum absolute atomic E-state index is 4.62. The van der Waals surface area contributed by atoms with E-state index in [1.165, 1.54) is 17.0 Å². The predicted molar refractivity (Wildman–Crippen MR) is 81.8 cm³/mol. The fourth-order valence-corrected chi connectivity index (χ4v) is 2.51. The van der Waals surface area contributed by atoms with E-state index in [0.717, 1.165) is 25.1 Å². The van der Waals surface area contributed by atoms with Crippen molar-refractivity contribution in [2.45, 2.75) is 46.2 Å². The van der Waals surface area contributed by atoms with Crippen LogP contribution < -0.4 is 5.32 Å². The minimum atomic E-state index is 0.295. The molecule has 2 rings (SSSR count). The van der Waals surface area contributed by atoms with Gasteiger partial charge >= 0.3 is 0 Å². The van der Waals surface area contributed by atoms with Crippen LogP contribution in [0.5, 0.6) is 0 Å². The van der Waals surface area contributed by atoms with E-state index < -0.39 is 0 Å².